The van der Waals surface area contributed by atoms with Crippen LogP contribution in [0.25, 0.3) is 0 Å². The van der Waals surface area contributed by atoms with E-state index in [1.54, 1.807) is 19.9 Å². The second-order valence-corrected chi connectivity index (χ2v) is 3.74. The molecule has 1 amide bonds. The number of aliphatic carboxylic acids is 1. The predicted molar refractivity (Wildman–Crippen MR) is 58.5 cm³/mol. The van der Waals surface area contributed by atoms with Crippen molar-refractivity contribution in [1.82, 2.24) is 5.32 Å². The van der Waals surface area contributed by atoms with Crippen LogP contribution in [0.3, 0.4) is 0 Å². The van der Waals surface area contributed by atoms with Crippen LogP contribution in [-0.2, 0) is 9.59 Å². The molecule has 0 aliphatic heterocycles. The van der Waals surface area contributed by atoms with E-state index in [9.17, 15) is 9.59 Å². The van der Waals surface area contributed by atoms with Crippen LogP contribution in [0.4, 0.5) is 0 Å². The molecule has 0 rings (SSSR count). The summed E-state index contributed by atoms with van der Waals surface area (Å²) in [6.45, 7) is 6.84. The van der Waals surface area contributed by atoms with Gasteiger partial charge in [-0.15, -0.1) is 0 Å². The van der Waals surface area contributed by atoms with Crippen LogP contribution in [0.1, 0.15) is 40.5 Å². The Morgan fingerprint density at radius 3 is 2.27 bits per heavy atom. The third-order valence-electron chi connectivity index (χ3n) is 2.44. The molecule has 86 valence electrons. The maximum Gasteiger partial charge on any atom is 0.329 e. The molecule has 0 aliphatic carbocycles. The van der Waals surface area contributed by atoms with Crippen molar-refractivity contribution in [2.45, 2.75) is 46.1 Å². The van der Waals surface area contributed by atoms with Crippen molar-refractivity contribution in [3.63, 3.8) is 0 Å². The third-order valence-corrected chi connectivity index (χ3v) is 2.44. The average Bonchev–Trinajstić information content (AvgIpc) is 2.17. The second-order valence-electron chi connectivity index (χ2n) is 3.74. The van der Waals surface area contributed by atoms with Crippen LogP contribution in [0.5, 0.6) is 0 Å². The maximum absolute atomic E-state index is 11.6. The first kappa shape index (κ1) is 13.7. The summed E-state index contributed by atoms with van der Waals surface area (Å²) in [4.78, 5) is 22.5. The van der Waals surface area contributed by atoms with Crippen molar-refractivity contribution in [3.05, 3.63) is 11.6 Å². The lowest BCUT2D eigenvalue weighted by atomic mass is 9.98. The molecule has 1 atom stereocenters. The summed E-state index contributed by atoms with van der Waals surface area (Å²) in [5.74, 6) is -1.33. The Morgan fingerprint density at radius 1 is 1.40 bits per heavy atom. The van der Waals surface area contributed by atoms with E-state index in [-0.39, 0.29) is 5.91 Å². The van der Waals surface area contributed by atoms with Gasteiger partial charge in [0.2, 0.25) is 5.91 Å². The first-order valence-corrected chi connectivity index (χ1v) is 5.10. The highest BCUT2D eigenvalue weighted by Crippen LogP contribution is 2.10. The fourth-order valence-corrected chi connectivity index (χ4v) is 1.04. The standard InChI is InChI=1S/C11H19NO3/c1-5-7-8(3)9(13)12-11(4,6-2)10(14)15/h7H,5-6H2,1-4H3,(H,12,13)(H,14,15). The van der Waals surface area contributed by atoms with Gasteiger partial charge in [-0.2, -0.15) is 0 Å². The lowest BCUT2D eigenvalue weighted by Crippen LogP contribution is -2.51. The number of carbonyl (C=O) groups is 2. The molecule has 0 heterocycles. The van der Waals surface area contributed by atoms with Gasteiger partial charge in [0, 0.05) is 5.57 Å². The summed E-state index contributed by atoms with van der Waals surface area (Å²) in [6.07, 6.45) is 2.88. The van der Waals surface area contributed by atoms with Crippen LogP contribution >= 0.6 is 0 Å². The van der Waals surface area contributed by atoms with E-state index in [0.29, 0.717) is 12.0 Å². The molecular weight excluding hydrogens is 194 g/mol. The van der Waals surface area contributed by atoms with Crippen molar-refractivity contribution in [3.8, 4) is 0 Å². The topological polar surface area (TPSA) is 66.4 Å². The van der Waals surface area contributed by atoms with Crippen LogP contribution in [-0.4, -0.2) is 22.5 Å². The van der Waals surface area contributed by atoms with E-state index >= 15 is 0 Å². The zero-order valence-corrected chi connectivity index (χ0v) is 9.76. The molecule has 0 aromatic heterocycles. The van der Waals surface area contributed by atoms with E-state index in [1.807, 2.05) is 6.92 Å². The lowest BCUT2D eigenvalue weighted by Gasteiger charge is -2.24. The van der Waals surface area contributed by atoms with E-state index in [1.165, 1.54) is 6.92 Å². The van der Waals surface area contributed by atoms with Crippen molar-refractivity contribution >= 4 is 11.9 Å². The molecular formula is C11H19NO3. The van der Waals surface area contributed by atoms with Crippen molar-refractivity contribution in [2.75, 3.05) is 0 Å². The largest absolute Gasteiger partial charge is 0.480 e. The molecule has 2 N–H and O–H groups in total. The van der Waals surface area contributed by atoms with Gasteiger partial charge in [0.25, 0.3) is 0 Å². The highest BCUT2D eigenvalue weighted by atomic mass is 16.4. The Morgan fingerprint density at radius 2 is 1.93 bits per heavy atom. The number of carboxylic acid groups (broad SMARTS) is 1. The SMILES string of the molecule is CCC=C(C)C(=O)NC(C)(CC)C(=O)O. The molecule has 15 heavy (non-hydrogen) atoms. The number of amides is 1. The number of allylic oxidation sites excluding steroid dienone is 1. The molecule has 0 fully saturated rings. The number of carbonyl (C=O) groups excluding carboxylic acids is 1. The quantitative estimate of drug-likeness (QED) is 0.683. The van der Waals surface area contributed by atoms with Crippen LogP contribution in [0.15, 0.2) is 11.6 Å². The van der Waals surface area contributed by atoms with E-state index in [4.69, 9.17) is 5.11 Å². The van der Waals surface area contributed by atoms with Crippen LogP contribution in [0, 0.1) is 0 Å². The summed E-state index contributed by atoms with van der Waals surface area (Å²) in [5, 5.41) is 11.5. The highest BCUT2D eigenvalue weighted by Gasteiger charge is 2.32. The summed E-state index contributed by atoms with van der Waals surface area (Å²) in [6, 6.07) is 0. The molecule has 0 bridgehead atoms. The Bertz CT molecular complexity index is 284. The second kappa shape index (κ2) is 5.53. The maximum atomic E-state index is 11.6. The zero-order chi connectivity index (χ0) is 12.1. The van der Waals surface area contributed by atoms with Crippen LogP contribution in [0.2, 0.25) is 0 Å². The average molecular weight is 213 g/mol. The van der Waals surface area contributed by atoms with Crippen molar-refractivity contribution in [1.29, 1.82) is 0 Å². The first-order chi connectivity index (χ1) is 6.87. The molecule has 0 aliphatic rings. The van der Waals surface area contributed by atoms with Gasteiger partial charge in [-0.05, 0) is 26.7 Å². The van der Waals surface area contributed by atoms with Gasteiger partial charge in [0.15, 0.2) is 0 Å². The minimum Gasteiger partial charge on any atom is -0.480 e. The molecule has 0 radical (unpaired) electrons. The van der Waals surface area contributed by atoms with Gasteiger partial charge in [0.1, 0.15) is 5.54 Å². The first-order valence-electron chi connectivity index (χ1n) is 5.10. The molecule has 0 saturated heterocycles. The molecule has 0 aromatic carbocycles. The van der Waals surface area contributed by atoms with Crippen LogP contribution < -0.4 is 5.32 Å². The smallest absolute Gasteiger partial charge is 0.329 e. The molecule has 0 spiro atoms. The highest BCUT2D eigenvalue weighted by molar-refractivity contribution is 5.96. The van der Waals surface area contributed by atoms with E-state index in [0.717, 1.165) is 6.42 Å². The monoisotopic (exact) mass is 213 g/mol. The van der Waals surface area contributed by atoms with Gasteiger partial charge < -0.3 is 10.4 Å². The molecule has 0 aromatic rings. The Labute approximate surface area is 90.4 Å². The number of carboxylic acids is 1. The van der Waals surface area contributed by atoms with Crippen molar-refractivity contribution in [2.24, 2.45) is 0 Å². The van der Waals surface area contributed by atoms with E-state index in [2.05, 4.69) is 5.32 Å². The molecule has 4 nitrogen and oxygen atoms in total. The minimum absolute atomic E-state index is 0.316. The van der Waals surface area contributed by atoms with Gasteiger partial charge >= 0.3 is 5.97 Å². The lowest BCUT2D eigenvalue weighted by molar-refractivity contribution is -0.146. The number of nitrogens with one attached hydrogen (secondary N) is 1. The molecule has 1 unspecified atom stereocenters. The van der Waals surface area contributed by atoms with Gasteiger partial charge in [-0.3, -0.25) is 4.79 Å². The number of hydrogen-bond donors (Lipinski definition) is 2. The summed E-state index contributed by atoms with van der Waals surface area (Å²) >= 11 is 0. The predicted octanol–water partition coefficient (Wildman–Crippen LogP) is 1.71. The number of rotatable bonds is 5. The Kier molecular flexibility index (Phi) is 5.05. The number of hydrogen-bond acceptors (Lipinski definition) is 2. The van der Waals surface area contributed by atoms with Gasteiger partial charge in [0.05, 0.1) is 0 Å². The third kappa shape index (κ3) is 3.73. The summed E-state index contributed by atoms with van der Waals surface area (Å²) in [7, 11) is 0. The van der Waals surface area contributed by atoms with Crippen molar-refractivity contribution < 1.29 is 14.7 Å². The molecule has 4 heteroatoms. The van der Waals surface area contributed by atoms with E-state index < -0.39 is 11.5 Å². The fraction of sp³-hybridized carbons (Fsp3) is 0.636. The molecule has 0 saturated carbocycles. The fourth-order valence-electron chi connectivity index (χ4n) is 1.04. The summed E-state index contributed by atoms with van der Waals surface area (Å²) in [5.41, 5.74) is -0.627. The Hall–Kier alpha value is -1.32. The normalized spacial score (nSPS) is 15.6. The van der Waals surface area contributed by atoms with Gasteiger partial charge in [-0.25, -0.2) is 4.79 Å². The van der Waals surface area contributed by atoms with Gasteiger partial charge in [-0.1, -0.05) is 19.9 Å². The minimum atomic E-state index is -1.18. The summed E-state index contributed by atoms with van der Waals surface area (Å²) < 4.78 is 0. The zero-order valence-electron chi connectivity index (χ0n) is 9.76. The Balaban J connectivity index is 4.65.